The van der Waals surface area contributed by atoms with E-state index in [1.54, 1.807) is 0 Å². The fourth-order valence-electron chi connectivity index (χ4n) is 2.61. The van der Waals surface area contributed by atoms with E-state index in [0.29, 0.717) is 0 Å². The zero-order valence-corrected chi connectivity index (χ0v) is 16.5. The van der Waals surface area contributed by atoms with Gasteiger partial charge in [0.2, 0.25) is 0 Å². The highest BCUT2D eigenvalue weighted by molar-refractivity contribution is 14.1. The number of aryl methyl sites for hydroxylation is 2. The minimum absolute atomic E-state index is 0.243. The Balaban J connectivity index is 2.49. The van der Waals surface area contributed by atoms with Crippen LogP contribution in [0.25, 0.3) is 0 Å². The van der Waals surface area contributed by atoms with Crippen LogP contribution in [-0.2, 0) is 0 Å². The van der Waals surface area contributed by atoms with Gasteiger partial charge in [-0.1, -0.05) is 52.2 Å². The molecule has 1 N–H and O–H groups in total. The van der Waals surface area contributed by atoms with E-state index in [1.807, 2.05) is 0 Å². The van der Waals surface area contributed by atoms with Crippen molar-refractivity contribution < 1.29 is 0 Å². The summed E-state index contributed by atoms with van der Waals surface area (Å²) in [5, 5.41) is 3.70. The van der Waals surface area contributed by atoms with Crippen molar-refractivity contribution >= 4 is 38.5 Å². The zero-order chi connectivity index (χ0) is 15.4. The van der Waals surface area contributed by atoms with Crippen LogP contribution in [0.2, 0.25) is 0 Å². The van der Waals surface area contributed by atoms with E-state index < -0.39 is 0 Å². The highest BCUT2D eigenvalue weighted by Gasteiger charge is 2.17. The molecule has 2 aromatic rings. The van der Waals surface area contributed by atoms with Crippen molar-refractivity contribution in [2.24, 2.45) is 0 Å². The maximum atomic E-state index is 3.70. The highest BCUT2D eigenvalue weighted by atomic mass is 127. The number of hydrogen-bond donors (Lipinski definition) is 1. The summed E-state index contributed by atoms with van der Waals surface area (Å²) in [6, 6.07) is 13.5. The lowest BCUT2D eigenvalue weighted by Crippen LogP contribution is -2.24. The summed E-state index contributed by atoms with van der Waals surface area (Å²) >= 11 is 6.03. The molecule has 0 amide bonds. The minimum Gasteiger partial charge on any atom is -0.306 e. The van der Waals surface area contributed by atoms with Crippen LogP contribution in [0.5, 0.6) is 0 Å². The molecule has 0 bridgehead atoms. The molecule has 112 valence electrons. The van der Waals surface area contributed by atoms with Gasteiger partial charge in [-0.3, -0.25) is 0 Å². The van der Waals surface area contributed by atoms with Crippen molar-refractivity contribution in [2.75, 3.05) is 6.54 Å². The van der Waals surface area contributed by atoms with E-state index in [4.69, 9.17) is 0 Å². The first kappa shape index (κ1) is 17.0. The van der Waals surface area contributed by atoms with Gasteiger partial charge in [-0.15, -0.1) is 0 Å². The molecule has 0 aromatic heterocycles. The Labute approximate surface area is 149 Å². The number of halogens is 2. The lowest BCUT2D eigenvalue weighted by Gasteiger charge is -2.22. The standard InChI is InChI=1S/C18H21BrIN/c1-4-7-21-18(14-9-12(2)8-13(3)10-14)16-11-15(19)5-6-17(16)20/h5-6,8-11,18,21H,4,7H2,1-3H3. The lowest BCUT2D eigenvalue weighted by molar-refractivity contribution is 0.596. The molecule has 3 heteroatoms. The van der Waals surface area contributed by atoms with Gasteiger partial charge in [0.05, 0.1) is 6.04 Å². The summed E-state index contributed by atoms with van der Waals surface area (Å²) in [6.45, 7) is 7.55. The summed E-state index contributed by atoms with van der Waals surface area (Å²) in [7, 11) is 0. The molecule has 1 nitrogen and oxygen atoms in total. The van der Waals surface area contributed by atoms with Crippen LogP contribution >= 0.6 is 38.5 Å². The molecule has 2 aromatic carbocycles. The number of benzene rings is 2. The summed E-state index contributed by atoms with van der Waals surface area (Å²) in [5.74, 6) is 0. The van der Waals surface area contributed by atoms with Crippen LogP contribution in [0.4, 0.5) is 0 Å². The van der Waals surface area contributed by atoms with E-state index in [2.05, 4.69) is 101 Å². The maximum absolute atomic E-state index is 3.70. The third kappa shape index (κ3) is 4.54. The molecule has 0 heterocycles. The normalized spacial score (nSPS) is 12.4. The molecule has 1 unspecified atom stereocenters. The Morgan fingerprint density at radius 2 is 1.76 bits per heavy atom. The SMILES string of the molecule is CCCNC(c1cc(C)cc(C)c1)c1cc(Br)ccc1I. The van der Waals surface area contributed by atoms with Crippen molar-refractivity contribution in [3.05, 3.63) is 66.7 Å². The Morgan fingerprint density at radius 3 is 2.38 bits per heavy atom. The van der Waals surface area contributed by atoms with Crippen LogP contribution in [0.15, 0.2) is 40.9 Å². The molecule has 0 saturated carbocycles. The van der Waals surface area contributed by atoms with Gasteiger partial charge in [0, 0.05) is 8.04 Å². The molecular weight excluding hydrogens is 437 g/mol. The molecular formula is C18H21BrIN. The van der Waals surface area contributed by atoms with Gasteiger partial charge in [-0.05, 0) is 78.7 Å². The van der Waals surface area contributed by atoms with Gasteiger partial charge in [-0.25, -0.2) is 0 Å². The second-order valence-corrected chi connectivity index (χ2v) is 7.55. The van der Waals surface area contributed by atoms with Crippen LogP contribution in [0.3, 0.4) is 0 Å². The summed E-state index contributed by atoms with van der Waals surface area (Å²) in [4.78, 5) is 0. The highest BCUT2D eigenvalue weighted by Crippen LogP contribution is 2.30. The van der Waals surface area contributed by atoms with Crippen LogP contribution in [-0.4, -0.2) is 6.54 Å². The minimum atomic E-state index is 0.243. The number of hydrogen-bond acceptors (Lipinski definition) is 1. The number of rotatable bonds is 5. The molecule has 0 spiro atoms. The Kier molecular flexibility index (Phi) is 6.26. The van der Waals surface area contributed by atoms with Gasteiger partial charge in [-0.2, -0.15) is 0 Å². The van der Waals surface area contributed by atoms with Gasteiger partial charge in [0.15, 0.2) is 0 Å². The third-order valence-electron chi connectivity index (χ3n) is 3.44. The lowest BCUT2D eigenvalue weighted by atomic mass is 9.95. The molecule has 2 rings (SSSR count). The average molecular weight is 458 g/mol. The van der Waals surface area contributed by atoms with Crippen LogP contribution in [0, 0.1) is 17.4 Å². The predicted molar refractivity (Wildman–Crippen MR) is 103 cm³/mol. The van der Waals surface area contributed by atoms with E-state index in [-0.39, 0.29) is 6.04 Å². The first-order valence-electron chi connectivity index (χ1n) is 7.27. The molecule has 0 fully saturated rings. The second kappa shape index (κ2) is 7.75. The van der Waals surface area contributed by atoms with Crippen molar-refractivity contribution in [1.29, 1.82) is 0 Å². The third-order valence-corrected chi connectivity index (χ3v) is 4.92. The van der Waals surface area contributed by atoms with E-state index in [0.717, 1.165) is 17.4 Å². The van der Waals surface area contributed by atoms with Crippen molar-refractivity contribution in [1.82, 2.24) is 5.32 Å². The predicted octanol–water partition coefficient (Wildman–Crippen LogP) is 5.76. The molecule has 0 radical (unpaired) electrons. The van der Waals surface area contributed by atoms with E-state index >= 15 is 0 Å². The van der Waals surface area contributed by atoms with E-state index in [1.165, 1.54) is 25.8 Å². The zero-order valence-electron chi connectivity index (χ0n) is 12.7. The Bertz CT molecular complexity index is 604. The van der Waals surface area contributed by atoms with Crippen LogP contribution in [0.1, 0.15) is 41.6 Å². The fourth-order valence-corrected chi connectivity index (χ4v) is 3.63. The quantitative estimate of drug-likeness (QED) is 0.562. The fraction of sp³-hybridized carbons (Fsp3) is 0.333. The summed E-state index contributed by atoms with van der Waals surface area (Å²) < 4.78 is 2.43. The van der Waals surface area contributed by atoms with Gasteiger partial charge in [0.25, 0.3) is 0 Å². The summed E-state index contributed by atoms with van der Waals surface area (Å²) in [6.07, 6.45) is 1.13. The second-order valence-electron chi connectivity index (χ2n) is 5.47. The van der Waals surface area contributed by atoms with Gasteiger partial charge in [0.1, 0.15) is 0 Å². The summed E-state index contributed by atoms with van der Waals surface area (Å²) in [5.41, 5.74) is 5.32. The first-order chi connectivity index (χ1) is 10.0. The molecule has 0 saturated heterocycles. The van der Waals surface area contributed by atoms with Crippen molar-refractivity contribution in [3.63, 3.8) is 0 Å². The van der Waals surface area contributed by atoms with Crippen molar-refractivity contribution in [2.45, 2.75) is 33.2 Å². The monoisotopic (exact) mass is 457 g/mol. The first-order valence-corrected chi connectivity index (χ1v) is 9.15. The maximum Gasteiger partial charge on any atom is 0.0587 e. The van der Waals surface area contributed by atoms with Crippen LogP contribution < -0.4 is 5.32 Å². The van der Waals surface area contributed by atoms with Gasteiger partial charge >= 0.3 is 0 Å². The van der Waals surface area contributed by atoms with Crippen molar-refractivity contribution in [3.8, 4) is 0 Å². The largest absolute Gasteiger partial charge is 0.306 e. The molecule has 0 aliphatic rings. The Morgan fingerprint density at radius 1 is 1.10 bits per heavy atom. The molecule has 0 aliphatic carbocycles. The van der Waals surface area contributed by atoms with Gasteiger partial charge < -0.3 is 5.32 Å². The molecule has 21 heavy (non-hydrogen) atoms. The number of nitrogens with one attached hydrogen (secondary N) is 1. The van der Waals surface area contributed by atoms with E-state index in [9.17, 15) is 0 Å². The smallest absolute Gasteiger partial charge is 0.0587 e. The topological polar surface area (TPSA) is 12.0 Å². The molecule has 1 atom stereocenters. The molecule has 0 aliphatic heterocycles. The Hall–Kier alpha value is -0.390. The average Bonchev–Trinajstić information content (AvgIpc) is 2.42.